The van der Waals surface area contributed by atoms with Gasteiger partial charge in [0.15, 0.2) is 0 Å². The Bertz CT molecular complexity index is 447. The molecule has 110 valence electrons. The van der Waals surface area contributed by atoms with Gasteiger partial charge in [0.2, 0.25) is 5.88 Å². The first kappa shape index (κ1) is 14.7. The van der Waals surface area contributed by atoms with Crippen LogP contribution in [-0.2, 0) is 4.74 Å². The lowest BCUT2D eigenvalue weighted by molar-refractivity contribution is 0.0342. The first-order chi connectivity index (χ1) is 9.69. The number of carbonyl (C=O) groups excluding carboxylic acids is 1. The van der Waals surface area contributed by atoms with E-state index in [-0.39, 0.29) is 11.9 Å². The Kier molecular flexibility index (Phi) is 5.31. The minimum Gasteiger partial charge on any atom is -0.481 e. The van der Waals surface area contributed by atoms with E-state index in [0.717, 1.165) is 32.8 Å². The molecule has 1 aliphatic rings. The molecule has 1 aromatic rings. The minimum atomic E-state index is -0.105. The molecule has 1 fully saturated rings. The van der Waals surface area contributed by atoms with E-state index in [1.165, 1.54) is 7.11 Å². The van der Waals surface area contributed by atoms with Gasteiger partial charge in [-0.15, -0.1) is 0 Å². The molecule has 0 bridgehead atoms. The van der Waals surface area contributed by atoms with Gasteiger partial charge in [-0.2, -0.15) is 0 Å². The van der Waals surface area contributed by atoms with Crippen molar-refractivity contribution in [2.45, 2.75) is 13.0 Å². The third kappa shape index (κ3) is 4.18. The van der Waals surface area contributed by atoms with Crippen molar-refractivity contribution < 1.29 is 14.3 Å². The van der Waals surface area contributed by atoms with Crippen molar-refractivity contribution in [2.75, 3.05) is 40.0 Å². The van der Waals surface area contributed by atoms with Gasteiger partial charge < -0.3 is 14.8 Å². The number of hydrogen-bond acceptors (Lipinski definition) is 5. The zero-order valence-electron chi connectivity index (χ0n) is 12.0. The van der Waals surface area contributed by atoms with Gasteiger partial charge >= 0.3 is 0 Å². The van der Waals surface area contributed by atoms with Crippen LogP contribution < -0.4 is 10.1 Å². The van der Waals surface area contributed by atoms with Crippen molar-refractivity contribution >= 4 is 5.91 Å². The number of rotatable bonds is 5. The van der Waals surface area contributed by atoms with Crippen molar-refractivity contribution in [2.24, 2.45) is 0 Å². The van der Waals surface area contributed by atoms with Gasteiger partial charge in [0, 0.05) is 43.5 Å². The van der Waals surface area contributed by atoms with Gasteiger partial charge in [-0.3, -0.25) is 9.69 Å². The number of pyridine rings is 1. The first-order valence-electron chi connectivity index (χ1n) is 6.80. The Morgan fingerprint density at radius 2 is 2.30 bits per heavy atom. The molecule has 6 heteroatoms. The van der Waals surface area contributed by atoms with E-state index in [1.54, 1.807) is 18.3 Å². The topological polar surface area (TPSA) is 63.7 Å². The lowest BCUT2D eigenvalue weighted by atomic mass is 10.2. The summed E-state index contributed by atoms with van der Waals surface area (Å²) in [6.07, 6.45) is 1.57. The van der Waals surface area contributed by atoms with Crippen molar-refractivity contribution in [3.8, 4) is 5.88 Å². The molecule has 1 aliphatic heterocycles. The van der Waals surface area contributed by atoms with Crippen molar-refractivity contribution in [1.82, 2.24) is 15.2 Å². The average Bonchev–Trinajstić information content (AvgIpc) is 2.48. The van der Waals surface area contributed by atoms with E-state index in [2.05, 4.69) is 15.2 Å². The van der Waals surface area contributed by atoms with Crippen LogP contribution in [-0.4, -0.2) is 61.8 Å². The quantitative estimate of drug-likeness (QED) is 0.852. The number of morpholine rings is 1. The molecule has 1 saturated heterocycles. The third-order valence-corrected chi connectivity index (χ3v) is 3.22. The predicted molar refractivity (Wildman–Crippen MR) is 75.0 cm³/mol. The highest BCUT2D eigenvalue weighted by atomic mass is 16.5. The highest BCUT2D eigenvalue weighted by molar-refractivity contribution is 5.94. The maximum atomic E-state index is 12.1. The fourth-order valence-corrected chi connectivity index (χ4v) is 2.19. The summed E-state index contributed by atoms with van der Waals surface area (Å²) in [6.45, 7) is 6.21. The molecule has 6 nitrogen and oxygen atoms in total. The summed E-state index contributed by atoms with van der Waals surface area (Å²) in [5.41, 5.74) is 0.561. The molecule has 2 rings (SSSR count). The number of methoxy groups -OCH3 is 1. The van der Waals surface area contributed by atoms with Crippen LogP contribution >= 0.6 is 0 Å². The van der Waals surface area contributed by atoms with Crippen LogP contribution in [0.15, 0.2) is 18.3 Å². The largest absolute Gasteiger partial charge is 0.481 e. The highest BCUT2D eigenvalue weighted by Gasteiger charge is 2.16. The molecule has 0 spiro atoms. The molecule has 2 heterocycles. The van der Waals surface area contributed by atoms with E-state index in [1.807, 2.05) is 6.92 Å². The molecule has 0 unspecified atom stereocenters. The molecule has 0 aromatic carbocycles. The summed E-state index contributed by atoms with van der Waals surface area (Å²) in [4.78, 5) is 18.4. The zero-order chi connectivity index (χ0) is 14.4. The van der Waals surface area contributed by atoms with E-state index in [4.69, 9.17) is 9.47 Å². The monoisotopic (exact) mass is 279 g/mol. The molecule has 1 aromatic heterocycles. The van der Waals surface area contributed by atoms with Gasteiger partial charge in [0.05, 0.1) is 20.3 Å². The number of aromatic nitrogens is 1. The smallest absolute Gasteiger partial charge is 0.251 e. The van der Waals surface area contributed by atoms with Crippen LogP contribution in [0, 0.1) is 0 Å². The first-order valence-corrected chi connectivity index (χ1v) is 6.80. The zero-order valence-corrected chi connectivity index (χ0v) is 12.0. The number of amides is 1. The maximum Gasteiger partial charge on any atom is 0.251 e. The number of carbonyl (C=O) groups is 1. The normalized spacial score (nSPS) is 17.5. The van der Waals surface area contributed by atoms with Crippen LogP contribution in [0.2, 0.25) is 0 Å². The van der Waals surface area contributed by atoms with Crippen LogP contribution in [0.25, 0.3) is 0 Å². The molecule has 1 N–H and O–H groups in total. The fourth-order valence-electron chi connectivity index (χ4n) is 2.19. The van der Waals surface area contributed by atoms with E-state index < -0.39 is 0 Å². The minimum absolute atomic E-state index is 0.0831. The van der Waals surface area contributed by atoms with Crippen LogP contribution in [0.5, 0.6) is 5.88 Å². The molecule has 20 heavy (non-hydrogen) atoms. The Labute approximate surface area is 119 Å². The van der Waals surface area contributed by atoms with Crippen molar-refractivity contribution in [3.05, 3.63) is 23.9 Å². The molecule has 0 aliphatic carbocycles. The maximum absolute atomic E-state index is 12.1. The van der Waals surface area contributed by atoms with Gasteiger partial charge in [-0.05, 0) is 13.0 Å². The van der Waals surface area contributed by atoms with Gasteiger partial charge in [0.1, 0.15) is 0 Å². The van der Waals surface area contributed by atoms with Crippen LogP contribution in [0.4, 0.5) is 0 Å². The Morgan fingerprint density at radius 3 is 3.00 bits per heavy atom. The second-order valence-corrected chi connectivity index (χ2v) is 4.87. The number of nitrogens with zero attached hydrogens (tertiary/aromatic N) is 2. The van der Waals surface area contributed by atoms with E-state index in [0.29, 0.717) is 11.4 Å². The second-order valence-electron chi connectivity index (χ2n) is 4.87. The molecular formula is C14H21N3O3. The summed E-state index contributed by atoms with van der Waals surface area (Å²) in [7, 11) is 1.53. The molecule has 0 radical (unpaired) electrons. The predicted octanol–water partition coefficient (Wildman–Crippen LogP) is 0.541. The van der Waals surface area contributed by atoms with Crippen molar-refractivity contribution in [1.29, 1.82) is 0 Å². The summed E-state index contributed by atoms with van der Waals surface area (Å²) >= 11 is 0. The van der Waals surface area contributed by atoms with Gasteiger partial charge in [-0.25, -0.2) is 4.98 Å². The molecule has 1 atom stereocenters. The van der Waals surface area contributed by atoms with Crippen molar-refractivity contribution in [3.63, 3.8) is 0 Å². The lowest BCUT2D eigenvalue weighted by Crippen LogP contribution is -2.46. The number of ether oxygens (including phenoxy) is 2. The van der Waals surface area contributed by atoms with Gasteiger partial charge in [0.25, 0.3) is 5.91 Å². The van der Waals surface area contributed by atoms with E-state index in [9.17, 15) is 4.79 Å². The summed E-state index contributed by atoms with van der Waals surface area (Å²) in [6, 6.07) is 3.40. The summed E-state index contributed by atoms with van der Waals surface area (Å²) < 4.78 is 10.3. The Morgan fingerprint density at radius 1 is 1.55 bits per heavy atom. The van der Waals surface area contributed by atoms with Crippen LogP contribution in [0.3, 0.4) is 0 Å². The standard InChI is InChI=1S/C14H21N3O3/c1-11(10-17-5-7-20-8-6-17)16-14(18)12-3-4-15-13(9-12)19-2/h3-4,9,11H,5-8,10H2,1-2H3,(H,16,18)/t11-/m0/s1. The summed E-state index contributed by atoms with van der Waals surface area (Å²) in [5, 5.41) is 2.99. The van der Waals surface area contributed by atoms with E-state index >= 15 is 0 Å². The molecular weight excluding hydrogens is 258 g/mol. The average molecular weight is 279 g/mol. The Hall–Kier alpha value is -1.66. The lowest BCUT2D eigenvalue weighted by Gasteiger charge is -2.29. The fraction of sp³-hybridized carbons (Fsp3) is 0.571. The SMILES string of the molecule is COc1cc(C(=O)N[C@@H](C)CN2CCOCC2)ccn1. The number of nitrogens with one attached hydrogen (secondary N) is 1. The molecule has 0 saturated carbocycles. The summed E-state index contributed by atoms with van der Waals surface area (Å²) in [5.74, 6) is 0.338. The van der Waals surface area contributed by atoms with Gasteiger partial charge in [-0.1, -0.05) is 0 Å². The Balaban J connectivity index is 1.86. The second kappa shape index (κ2) is 7.21. The number of hydrogen-bond donors (Lipinski definition) is 1. The molecule has 1 amide bonds. The highest BCUT2D eigenvalue weighted by Crippen LogP contribution is 2.08. The third-order valence-electron chi connectivity index (χ3n) is 3.22. The van der Waals surface area contributed by atoms with Crippen LogP contribution in [0.1, 0.15) is 17.3 Å².